The molecule has 0 radical (unpaired) electrons. The van der Waals surface area contributed by atoms with Crippen LogP contribution in [0, 0.1) is 5.92 Å². The normalized spacial score (nSPS) is 28.7. The van der Waals surface area contributed by atoms with Crippen LogP contribution in [-0.2, 0) is 0 Å². The van der Waals surface area contributed by atoms with Crippen LogP contribution in [0.4, 0.5) is 0 Å². The van der Waals surface area contributed by atoms with Crippen LogP contribution >= 0.6 is 0 Å². The molecule has 0 aromatic heterocycles. The molecule has 110 valence electrons. The molecule has 2 aliphatic heterocycles. The summed E-state index contributed by atoms with van der Waals surface area (Å²) in [6, 6.07) is 0.774. The van der Waals surface area contributed by atoms with Crippen LogP contribution in [0.1, 0.15) is 38.5 Å². The Morgan fingerprint density at radius 2 is 1.95 bits per heavy atom. The first-order valence-corrected chi connectivity index (χ1v) is 7.60. The van der Waals surface area contributed by atoms with Crippen LogP contribution in [0.25, 0.3) is 0 Å². The summed E-state index contributed by atoms with van der Waals surface area (Å²) in [7, 11) is 2.26. The Morgan fingerprint density at radius 3 is 2.58 bits per heavy atom. The zero-order valence-electron chi connectivity index (χ0n) is 12.1. The van der Waals surface area contributed by atoms with Gasteiger partial charge in [-0.1, -0.05) is 11.6 Å². The molecule has 2 heterocycles. The minimum Gasteiger partial charge on any atom is -0.409 e. The van der Waals surface area contributed by atoms with Crippen LogP contribution in [0.15, 0.2) is 5.16 Å². The van der Waals surface area contributed by atoms with Gasteiger partial charge in [-0.3, -0.25) is 0 Å². The lowest BCUT2D eigenvalue weighted by Gasteiger charge is -2.36. The number of hydrogen-bond acceptors (Lipinski definition) is 4. The molecule has 5 heteroatoms. The van der Waals surface area contributed by atoms with Crippen molar-refractivity contribution >= 4 is 5.84 Å². The van der Waals surface area contributed by atoms with E-state index in [9.17, 15) is 0 Å². The molecule has 0 aromatic rings. The van der Waals surface area contributed by atoms with E-state index in [-0.39, 0.29) is 5.92 Å². The van der Waals surface area contributed by atoms with Crippen molar-refractivity contribution in [2.75, 3.05) is 33.2 Å². The maximum Gasteiger partial charge on any atom is 0.142 e. The van der Waals surface area contributed by atoms with Gasteiger partial charge in [0.1, 0.15) is 5.84 Å². The first-order valence-electron chi connectivity index (χ1n) is 7.60. The number of rotatable bonds is 4. The molecule has 19 heavy (non-hydrogen) atoms. The zero-order valence-corrected chi connectivity index (χ0v) is 12.1. The zero-order chi connectivity index (χ0) is 13.7. The lowest BCUT2D eigenvalue weighted by atomic mass is 9.95. The van der Waals surface area contributed by atoms with Crippen molar-refractivity contribution in [3.8, 4) is 0 Å². The van der Waals surface area contributed by atoms with Crippen molar-refractivity contribution in [3.05, 3.63) is 0 Å². The summed E-state index contributed by atoms with van der Waals surface area (Å²) >= 11 is 0. The summed E-state index contributed by atoms with van der Waals surface area (Å²) in [5.41, 5.74) is 5.68. The van der Waals surface area contributed by atoms with Gasteiger partial charge in [0.25, 0.3) is 0 Å². The number of amidine groups is 1. The van der Waals surface area contributed by atoms with E-state index in [0.29, 0.717) is 5.84 Å². The first-order chi connectivity index (χ1) is 9.20. The molecular weight excluding hydrogens is 240 g/mol. The SMILES string of the molecule is CN1CCCCC1CCN1CCC(C(N)=NO)CC1. The van der Waals surface area contributed by atoms with Crippen LogP contribution in [0.5, 0.6) is 0 Å². The second kappa shape index (κ2) is 7.10. The molecule has 0 spiro atoms. The van der Waals surface area contributed by atoms with Crippen LogP contribution in [0.3, 0.4) is 0 Å². The minimum absolute atomic E-state index is 0.276. The van der Waals surface area contributed by atoms with Crippen molar-refractivity contribution < 1.29 is 5.21 Å². The molecule has 2 saturated heterocycles. The van der Waals surface area contributed by atoms with E-state index in [0.717, 1.165) is 32.0 Å². The predicted octanol–water partition coefficient (Wildman–Crippen LogP) is 1.32. The fourth-order valence-corrected chi connectivity index (χ4v) is 3.37. The first kappa shape index (κ1) is 14.6. The van der Waals surface area contributed by atoms with Gasteiger partial charge >= 0.3 is 0 Å². The highest BCUT2D eigenvalue weighted by molar-refractivity contribution is 5.82. The van der Waals surface area contributed by atoms with E-state index in [4.69, 9.17) is 10.9 Å². The van der Waals surface area contributed by atoms with Gasteiger partial charge in [-0.15, -0.1) is 0 Å². The lowest BCUT2D eigenvalue weighted by Crippen LogP contribution is -2.42. The lowest BCUT2D eigenvalue weighted by molar-refractivity contribution is 0.140. The van der Waals surface area contributed by atoms with Crippen molar-refractivity contribution in [1.29, 1.82) is 0 Å². The molecule has 0 aromatic carbocycles. The molecule has 2 aliphatic rings. The molecular formula is C14H28N4O. The van der Waals surface area contributed by atoms with Crippen LogP contribution in [-0.4, -0.2) is 60.1 Å². The summed E-state index contributed by atoms with van der Waals surface area (Å²) in [4.78, 5) is 5.05. The fraction of sp³-hybridized carbons (Fsp3) is 0.929. The van der Waals surface area contributed by atoms with Gasteiger partial charge in [-0.05, 0) is 65.3 Å². The maximum absolute atomic E-state index is 8.70. The Bertz CT molecular complexity index is 300. The topological polar surface area (TPSA) is 65.1 Å². The van der Waals surface area contributed by atoms with Crippen LogP contribution < -0.4 is 5.73 Å². The van der Waals surface area contributed by atoms with Gasteiger partial charge in [0.15, 0.2) is 0 Å². The fourth-order valence-electron chi connectivity index (χ4n) is 3.37. The number of likely N-dealkylation sites (tertiary alicyclic amines) is 2. The Kier molecular flexibility index (Phi) is 5.45. The van der Waals surface area contributed by atoms with E-state index in [2.05, 4.69) is 22.0 Å². The van der Waals surface area contributed by atoms with Crippen molar-refractivity contribution in [1.82, 2.24) is 9.80 Å². The van der Waals surface area contributed by atoms with Crippen LogP contribution in [0.2, 0.25) is 0 Å². The van der Waals surface area contributed by atoms with Gasteiger partial charge in [0.2, 0.25) is 0 Å². The molecule has 0 aliphatic carbocycles. The van der Waals surface area contributed by atoms with Gasteiger partial charge in [0.05, 0.1) is 0 Å². The Morgan fingerprint density at radius 1 is 1.21 bits per heavy atom. The predicted molar refractivity (Wildman–Crippen MR) is 77.5 cm³/mol. The van der Waals surface area contributed by atoms with E-state index >= 15 is 0 Å². The second-order valence-electron chi connectivity index (χ2n) is 6.06. The van der Waals surface area contributed by atoms with Crippen molar-refractivity contribution in [2.24, 2.45) is 16.8 Å². The number of nitrogens with two attached hydrogens (primary N) is 1. The van der Waals surface area contributed by atoms with Crippen molar-refractivity contribution in [2.45, 2.75) is 44.6 Å². The van der Waals surface area contributed by atoms with E-state index < -0.39 is 0 Å². The highest BCUT2D eigenvalue weighted by Crippen LogP contribution is 2.21. The average molecular weight is 268 g/mol. The second-order valence-corrected chi connectivity index (χ2v) is 6.06. The third-order valence-electron chi connectivity index (χ3n) is 4.82. The average Bonchev–Trinajstić information content (AvgIpc) is 2.46. The summed E-state index contributed by atoms with van der Waals surface area (Å²) in [6.07, 6.45) is 7.44. The largest absolute Gasteiger partial charge is 0.409 e. The number of hydrogen-bond donors (Lipinski definition) is 2. The van der Waals surface area contributed by atoms with E-state index in [1.165, 1.54) is 38.8 Å². The summed E-state index contributed by atoms with van der Waals surface area (Å²) in [6.45, 7) is 4.61. The molecule has 1 unspecified atom stereocenters. The molecule has 2 fully saturated rings. The van der Waals surface area contributed by atoms with Gasteiger partial charge in [0, 0.05) is 12.0 Å². The molecule has 3 N–H and O–H groups in total. The smallest absolute Gasteiger partial charge is 0.142 e. The van der Waals surface area contributed by atoms with Gasteiger partial charge < -0.3 is 20.7 Å². The summed E-state index contributed by atoms with van der Waals surface area (Å²) < 4.78 is 0. The minimum atomic E-state index is 0.276. The Labute approximate surface area is 116 Å². The van der Waals surface area contributed by atoms with Gasteiger partial charge in [-0.2, -0.15) is 0 Å². The summed E-state index contributed by atoms with van der Waals surface area (Å²) in [5, 5.41) is 11.8. The molecule has 0 amide bonds. The molecule has 0 saturated carbocycles. The standard InChI is InChI=1S/C14H28N4O/c1-17-8-3-2-4-13(17)7-11-18-9-5-12(6-10-18)14(15)16-19/h12-13,19H,2-11H2,1H3,(H2,15,16). The molecule has 0 bridgehead atoms. The number of oxime groups is 1. The van der Waals surface area contributed by atoms with Crippen molar-refractivity contribution in [3.63, 3.8) is 0 Å². The number of nitrogens with zero attached hydrogens (tertiary/aromatic N) is 3. The molecule has 2 rings (SSSR count). The third kappa shape index (κ3) is 4.08. The highest BCUT2D eigenvalue weighted by atomic mass is 16.4. The monoisotopic (exact) mass is 268 g/mol. The molecule has 5 nitrogen and oxygen atoms in total. The highest BCUT2D eigenvalue weighted by Gasteiger charge is 2.24. The van der Waals surface area contributed by atoms with E-state index in [1.54, 1.807) is 0 Å². The van der Waals surface area contributed by atoms with Gasteiger partial charge in [-0.25, -0.2) is 0 Å². The quantitative estimate of drug-likeness (QED) is 0.349. The molecule has 1 atom stereocenters. The Balaban J connectivity index is 1.68. The Hall–Kier alpha value is -0.810. The number of piperidine rings is 2. The van der Waals surface area contributed by atoms with E-state index in [1.807, 2.05) is 0 Å². The summed E-state index contributed by atoms with van der Waals surface area (Å²) in [5.74, 6) is 0.685. The third-order valence-corrected chi connectivity index (χ3v) is 4.82. The maximum atomic E-state index is 8.70.